The van der Waals surface area contributed by atoms with Crippen LogP contribution in [0.3, 0.4) is 0 Å². The smallest absolute Gasteiger partial charge is 0.478 e. The van der Waals surface area contributed by atoms with E-state index in [4.69, 9.17) is 41.1 Å². The molecule has 0 amide bonds. The van der Waals surface area contributed by atoms with Gasteiger partial charge in [0.15, 0.2) is 11.3 Å². The zero-order valence-corrected chi connectivity index (χ0v) is 42.1. The molecule has 0 aliphatic carbocycles. The monoisotopic (exact) mass is 988 g/mol. The van der Waals surface area contributed by atoms with Crippen molar-refractivity contribution in [1.82, 2.24) is 39.2 Å². The Bertz CT molecular complexity index is 3200. The quantitative estimate of drug-likeness (QED) is 0.124. The van der Waals surface area contributed by atoms with Gasteiger partial charge in [0.1, 0.15) is 16.8 Å². The third kappa shape index (κ3) is 11.0. The van der Waals surface area contributed by atoms with Crippen molar-refractivity contribution in [3.63, 3.8) is 0 Å². The molecular formula is C54H58BClN10O6. The molecule has 3 fully saturated rings. The third-order valence-electron chi connectivity index (χ3n) is 14.0. The van der Waals surface area contributed by atoms with Crippen molar-refractivity contribution >= 4 is 59.1 Å². The van der Waals surface area contributed by atoms with E-state index in [2.05, 4.69) is 74.1 Å². The number of benzene rings is 2. The van der Waals surface area contributed by atoms with Crippen LogP contribution in [0.1, 0.15) is 110 Å². The van der Waals surface area contributed by atoms with E-state index >= 15 is 0 Å². The summed E-state index contributed by atoms with van der Waals surface area (Å²) in [6, 6.07) is 30.7. The second-order valence-corrected chi connectivity index (χ2v) is 19.9. The summed E-state index contributed by atoms with van der Waals surface area (Å²) in [5.41, 5.74) is 7.89. The first-order valence-electron chi connectivity index (χ1n) is 24.3. The number of nitrogens with zero attached hydrogens (tertiary/aromatic N) is 10. The summed E-state index contributed by atoms with van der Waals surface area (Å²) in [6.07, 6.45) is 13.3. The van der Waals surface area contributed by atoms with Crippen molar-refractivity contribution in [3.8, 4) is 11.3 Å². The molecule has 3 aliphatic heterocycles. The highest BCUT2D eigenvalue weighted by molar-refractivity contribution is 6.62. The maximum atomic E-state index is 11.2. The Morgan fingerprint density at radius 3 is 1.61 bits per heavy atom. The van der Waals surface area contributed by atoms with E-state index in [0.717, 1.165) is 75.3 Å². The van der Waals surface area contributed by atoms with Crippen molar-refractivity contribution < 1.29 is 29.1 Å². The molecule has 3 aliphatic rings. The van der Waals surface area contributed by atoms with E-state index in [-0.39, 0.29) is 22.3 Å². The fraction of sp³-hybridized carbons (Fsp3) is 0.333. The number of fused-ring (bicyclic) bond motifs is 2. The van der Waals surface area contributed by atoms with Crippen LogP contribution in [-0.2, 0) is 22.2 Å². The van der Waals surface area contributed by atoms with Gasteiger partial charge in [-0.05, 0) is 133 Å². The highest BCUT2D eigenvalue weighted by Gasteiger charge is 2.51. The predicted octanol–water partition coefficient (Wildman–Crippen LogP) is 9.11. The molecule has 9 heterocycles. The average molecular weight is 989 g/mol. The molecule has 0 bridgehead atoms. The molecule has 0 spiro atoms. The zero-order valence-electron chi connectivity index (χ0n) is 41.3. The molecule has 3 saturated heterocycles. The van der Waals surface area contributed by atoms with Gasteiger partial charge in [0.2, 0.25) is 0 Å². The van der Waals surface area contributed by atoms with Gasteiger partial charge in [-0.15, -0.1) is 0 Å². The van der Waals surface area contributed by atoms with Gasteiger partial charge < -0.3 is 29.3 Å². The largest absolute Gasteiger partial charge is 0.494 e. The van der Waals surface area contributed by atoms with Gasteiger partial charge in [0, 0.05) is 90.9 Å². The minimum Gasteiger partial charge on any atom is -0.478 e. The summed E-state index contributed by atoms with van der Waals surface area (Å²) >= 11 is 6.11. The van der Waals surface area contributed by atoms with E-state index in [9.17, 15) is 9.59 Å². The van der Waals surface area contributed by atoms with Gasteiger partial charge in [-0.25, -0.2) is 38.6 Å². The van der Waals surface area contributed by atoms with Gasteiger partial charge in [-0.2, -0.15) is 10.2 Å². The number of carboxylic acids is 2. The standard InChI is InChI=1S/C24H23N5O2.C17H18ClN5.C13H17BO4/c1-16-4-3-12-28(16)22-6-2-5-20(26-22)14-19-15-21(27-29-13-11-25-23(19)29)17-7-9-18(10-8-17)24(30)31;1-12-4-3-8-22(12)16-6-2-5-14(20-16)10-13-11-15(18)21-23-9-7-19-17(13)23;1-12(2)13(3,4)18-14(17-12)10-7-5-9(6-8-10)11(15)16/h2,5-11,13,15-16H,3-4,12,14H2,1H3,(H,30,31);2,5-7,9,11-12H,3-4,8,10H2,1H3;5-8H,1-4H3,(H,15,16)/t16-;12-;/m00./s1. The minimum atomic E-state index is -0.941. The summed E-state index contributed by atoms with van der Waals surface area (Å²) in [5, 5.41) is 27.3. The number of rotatable bonds is 10. The number of imidazole rings is 2. The number of aromatic carboxylic acids is 2. The van der Waals surface area contributed by atoms with E-state index < -0.39 is 19.1 Å². The molecule has 72 heavy (non-hydrogen) atoms. The number of hydrogen-bond donors (Lipinski definition) is 2. The predicted molar refractivity (Wildman–Crippen MR) is 279 cm³/mol. The molecule has 2 atom stereocenters. The van der Waals surface area contributed by atoms with Gasteiger partial charge in [0.25, 0.3) is 0 Å². The number of carbonyl (C=O) groups is 2. The lowest BCUT2D eigenvalue weighted by Gasteiger charge is -2.32. The number of pyridine rings is 2. The second kappa shape index (κ2) is 20.9. The maximum absolute atomic E-state index is 11.2. The maximum Gasteiger partial charge on any atom is 0.494 e. The van der Waals surface area contributed by atoms with Crippen LogP contribution in [0, 0.1) is 0 Å². The first-order valence-corrected chi connectivity index (χ1v) is 24.7. The Kier molecular flexibility index (Phi) is 14.4. The van der Waals surface area contributed by atoms with Crippen LogP contribution >= 0.6 is 11.6 Å². The SMILES string of the molecule is CC1(C)OB(c2ccc(C(=O)O)cc2)OC1(C)C.C[C@H]1CCCN1c1cccc(Cc2cc(-c3ccc(C(=O)O)cc3)nn3ccnc23)n1.C[C@H]1CCCN1c1cccc(Cc2cc(Cl)nn3ccnc23)n1. The summed E-state index contributed by atoms with van der Waals surface area (Å²) in [6.45, 7) is 14.6. The van der Waals surface area contributed by atoms with E-state index in [1.807, 2.05) is 52.1 Å². The number of aromatic nitrogens is 8. The number of anilines is 2. The lowest BCUT2D eigenvalue weighted by Crippen LogP contribution is -2.41. The molecule has 16 nitrogen and oxygen atoms in total. The van der Waals surface area contributed by atoms with Crippen LogP contribution < -0.4 is 15.3 Å². The molecular weight excluding hydrogens is 931 g/mol. The van der Waals surface area contributed by atoms with E-state index in [1.165, 1.54) is 25.7 Å². The number of hydrogen-bond acceptors (Lipinski definition) is 12. The Morgan fingerprint density at radius 1 is 0.667 bits per heavy atom. The van der Waals surface area contributed by atoms with Crippen molar-refractivity contribution in [2.45, 2.75) is 103 Å². The summed E-state index contributed by atoms with van der Waals surface area (Å²) < 4.78 is 15.2. The first kappa shape index (κ1) is 49.8. The summed E-state index contributed by atoms with van der Waals surface area (Å²) in [7, 11) is -0.446. The van der Waals surface area contributed by atoms with Crippen molar-refractivity contribution in [2.24, 2.45) is 0 Å². The highest BCUT2D eigenvalue weighted by atomic mass is 35.5. The Balaban J connectivity index is 0.000000139. The van der Waals surface area contributed by atoms with Crippen molar-refractivity contribution in [3.05, 3.63) is 161 Å². The molecule has 2 N–H and O–H groups in total. The molecule has 2 aromatic carbocycles. The van der Waals surface area contributed by atoms with Crippen LogP contribution in [0.5, 0.6) is 0 Å². The molecule has 18 heteroatoms. The van der Waals surface area contributed by atoms with Gasteiger partial charge >= 0.3 is 19.1 Å². The van der Waals surface area contributed by atoms with E-state index in [0.29, 0.717) is 30.1 Å². The molecule has 0 unspecified atom stereocenters. The Hall–Kier alpha value is -7.21. The number of carboxylic acid groups (broad SMARTS) is 2. The lowest BCUT2D eigenvalue weighted by molar-refractivity contribution is 0.00578. The van der Waals surface area contributed by atoms with Crippen molar-refractivity contribution in [2.75, 3.05) is 22.9 Å². The van der Waals surface area contributed by atoms with Crippen LogP contribution in [0.4, 0.5) is 11.6 Å². The fourth-order valence-electron chi connectivity index (χ4n) is 9.26. The molecule has 8 aromatic rings. The van der Waals surface area contributed by atoms with Crippen molar-refractivity contribution in [1.29, 1.82) is 0 Å². The van der Waals surface area contributed by atoms with Crippen LogP contribution in [0.15, 0.2) is 122 Å². The zero-order chi connectivity index (χ0) is 50.7. The minimum absolute atomic E-state index is 0.254. The Labute approximate surface area is 423 Å². The third-order valence-corrected chi connectivity index (χ3v) is 14.2. The van der Waals surface area contributed by atoms with Gasteiger partial charge in [0.05, 0.1) is 28.0 Å². The second-order valence-electron chi connectivity index (χ2n) is 19.5. The number of halogens is 1. The molecule has 6 aromatic heterocycles. The first-order chi connectivity index (χ1) is 34.5. The molecule has 0 saturated carbocycles. The highest BCUT2D eigenvalue weighted by Crippen LogP contribution is 2.36. The average Bonchev–Trinajstić information content (AvgIpc) is 4.22. The summed E-state index contributed by atoms with van der Waals surface area (Å²) in [4.78, 5) is 45.3. The van der Waals surface area contributed by atoms with Gasteiger partial charge in [-0.1, -0.05) is 48.0 Å². The van der Waals surface area contributed by atoms with Gasteiger partial charge in [-0.3, -0.25) is 0 Å². The normalized spacial score (nSPS) is 18.0. The van der Waals surface area contributed by atoms with Crippen LogP contribution in [0.2, 0.25) is 5.15 Å². The topological polar surface area (TPSA) is 186 Å². The molecule has 0 radical (unpaired) electrons. The molecule has 370 valence electrons. The van der Waals surface area contributed by atoms with Crippen LogP contribution in [0.25, 0.3) is 22.6 Å². The fourth-order valence-corrected chi connectivity index (χ4v) is 9.48. The lowest BCUT2D eigenvalue weighted by atomic mass is 9.79. The summed E-state index contributed by atoms with van der Waals surface area (Å²) in [5.74, 6) is 0.214. The molecule has 11 rings (SSSR count). The Morgan fingerprint density at radius 2 is 1.14 bits per heavy atom. The van der Waals surface area contributed by atoms with Crippen LogP contribution in [-0.4, -0.2) is 105 Å². The van der Waals surface area contributed by atoms with E-state index in [1.54, 1.807) is 76.2 Å².